The van der Waals surface area contributed by atoms with E-state index >= 15 is 0 Å². The summed E-state index contributed by atoms with van der Waals surface area (Å²) in [6.07, 6.45) is 1.92. The molecule has 0 spiro atoms. The summed E-state index contributed by atoms with van der Waals surface area (Å²) in [5.74, 6) is 2.76. The van der Waals surface area contributed by atoms with Crippen molar-refractivity contribution < 1.29 is 4.79 Å². The van der Waals surface area contributed by atoms with Gasteiger partial charge in [0.1, 0.15) is 11.6 Å². The Morgan fingerprint density at radius 1 is 1.24 bits per heavy atom. The Bertz CT molecular complexity index is 610. The number of nitrogens with one attached hydrogen (secondary N) is 1. The minimum Gasteiger partial charge on any atom is -0.353 e. The Labute approximate surface area is 151 Å². The van der Waals surface area contributed by atoms with Crippen LogP contribution in [0.25, 0.3) is 0 Å². The van der Waals surface area contributed by atoms with Crippen molar-refractivity contribution in [3.63, 3.8) is 0 Å². The Kier molecular flexibility index (Phi) is 5.57. The molecule has 3 rings (SSSR count). The van der Waals surface area contributed by atoms with Crippen LogP contribution in [0.5, 0.6) is 0 Å². The minimum absolute atomic E-state index is 0.191. The molecular weight excluding hydrogens is 314 g/mol. The highest BCUT2D eigenvalue weighted by Crippen LogP contribution is 2.22. The fourth-order valence-electron chi connectivity index (χ4n) is 3.76. The molecule has 25 heavy (non-hydrogen) atoms. The molecule has 0 saturated carbocycles. The number of hydrogen-bond acceptors (Lipinski definition) is 5. The van der Waals surface area contributed by atoms with Crippen LogP contribution >= 0.6 is 0 Å². The van der Waals surface area contributed by atoms with Crippen LogP contribution in [0.2, 0.25) is 0 Å². The number of piperidine rings is 1. The van der Waals surface area contributed by atoms with E-state index in [4.69, 9.17) is 4.98 Å². The van der Waals surface area contributed by atoms with Crippen molar-refractivity contribution in [2.24, 2.45) is 5.92 Å². The summed E-state index contributed by atoms with van der Waals surface area (Å²) in [5, 5.41) is 3.42. The zero-order valence-electron chi connectivity index (χ0n) is 16.0. The molecule has 1 aromatic rings. The average molecular weight is 345 g/mol. The fraction of sp³-hybridized carbons (Fsp3) is 0.737. The molecule has 2 aliphatic rings. The van der Waals surface area contributed by atoms with E-state index in [-0.39, 0.29) is 5.92 Å². The van der Waals surface area contributed by atoms with E-state index in [1.54, 1.807) is 0 Å². The number of hydrogen-bond donors (Lipinski definition) is 1. The number of piperazine rings is 1. The number of carbonyl (C=O) groups is 1. The van der Waals surface area contributed by atoms with Crippen LogP contribution in [-0.2, 0) is 4.79 Å². The minimum atomic E-state index is 0.191. The van der Waals surface area contributed by atoms with E-state index in [9.17, 15) is 4.79 Å². The Hall–Kier alpha value is -1.69. The quantitative estimate of drug-likeness (QED) is 0.907. The first-order valence-electron chi connectivity index (χ1n) is 9.56. The second kappa shape index (κ2) is 7.68. The Balaban J connectivity index is 1.61. The highest BCUT2D eigenvalue weighted by molar-refractivity contribution is 5.79. The van der Waals surface area contributed by atoms with Crippen molar-refractivity contribution in [3.8, 4) is 0 Å². The normalized spacial score (nSPS) is 24.7. The van der Waals surface area contributed by atoms with Crippen LogP contribution in [0.1, 0.15) is 51.0 Å². The SMILES string of the molecule is Cc1cc(N2CCN(C(=O)[C@H]3CCN[C@@H](C)C3)CC2)nc(C(C)C)n1. The van der Waals surface area contributed by atoms with Crippen molar-refractivity contribution in [1.29, 1.82) is 0 Å². The largest absolute Gasteiger partial charge is 0.353 e. The third-order valence-corrected chi connectivity index (χ3v) is 5.26. The van der Waals surface area contributed by atoms with E-state index in [2.05, 4.69) is 46.9 Å². The van der Waals surface area contributed by atoms with Gasteiger partial charge in [0, 0.05) is 55.8 Å². The lowest BCUT2D eigenvalue weighted by Crippen LogP contribution is -2.52. The predicted octanol–water partition coefficient (Wildman–Crippen LogP) is 1.95. The van der Waals surface area contributed by atoms with Crippen molar-refractivity contribution >= 4 is 11.7 Å². The molecule has 1 aromatic heterocycles. The highest BCUT2D eigenvalue weighted by Gasteiger charge is 2.30. The molecule has 6 heteroatoms. The molecule has 0 aliphatic carbocycles. The summed E-state index contributed by atoms with van der Waals surface area (Å²) in [7, 11) is 0. The van der Waals surface area contributed by atoms with E-state index < -0.39 is 0 Å². The number of amides is 1. The average Bonchev–Trinajstić information content (AvgIpc) is 2.60. The molecule has 2 saturated heterocycles. The van der Waals surface area contributed by atoms with Gasteiger partial charge in [0.05, 0.1) is 0 Å². The lowest BCUT2D eigenvalue weighted by Gasteiger charge is -2.38. The number of aryl methyl sites for hydroxylation is 1. The number of anilines is 1. The van der Waals surface area contributed by atoms with Gasteiger partial charge in [0.15, 0.2) is 0 Å². The van der Waals surface area contributed by atoms with Gasteiger partial charge in [-0.15, -0.1) is 0 Å². The molecule has 2 atom stereocenters. The first-order valence-corrected chi connectivity index (χ1v) is 9.56. The van der Waals surface area contributed by atoms with Crippen molar-refractivity contribution in [2.75, 3.05) is 37.6 Å². The van der Waals surface area contributed by atoms with Crippen molar-refractivity contribution in [1.82, 2.24) is 20.2 Å². The summed E-state index contributed by atoms with van der Waals surface area (Å²) in [5.41, 5.74) is 1.01. The lowest BCUT2D eigenvalue weighted by atomic mass is 9.92. The first-order chi connectivity index (χ1) is 11.9. The lowest BCUT2D eigenvalue weighted by molar-refractivity contribution is -0.137. The van der Waals surface area contributed by atoms with Gasteiger partial charge in [0.2, 0.25) is 5.91 Å². The van der Waals surface area contributed by atoms with E-state index in [1.807, 2.05) is 6.92 Å². The van der Waals surface area contributed by atoms with E-state index in [0.29, 0.717) is 17.9 Å². The van der Waals surface area contributed by atoms with Crippen LogP contribution in [0.4, 0.5) is 5.82 Å². The zero-order valence-corrected chi connectivity index (χ0v) is 16.0. The van der Waals surface area contributed by atoms with Gasteiger partial charge in [-0.3, -0.25) is 4.79 Å². The molecular formula is C19H31N5O. The number of carbonyl (C=O) groups excluding carboxylic acids is 1. The zero-order chi connectivity index (χ0) is 18.0. The van der Waals surface area contributed by atoms with Crippen molar-refractivity contribution in [2.45, 2.75) is 52.5 Å². The van der Waals surface area contributed by atoms with Gasteiger partial charge in [-0.1, -0.05) is 13.8 Å². The number of rotatable bonds is 3. The molecule has 1 N–H and O–H groups in total. The van der Waals surface area contributed by atoms with Gasteiger partial charge < -0.3 is 15.1 Å². The summed E-state index contributed by atoms with van der Waals surface area (Å²) in [6.45, 7) is 12.7. The molecule has 1 amide bonds. The topological polar surface area (TPSA) is 61.4 Å². The maximum Gasteiger partial charge on any atom is 0.225 e. The summed E-state index contributed by atoms with van der Waals surface area (Å²) < 4.78 is 0. The van der Waals surface area contributed by atoms with Gasteiger partial charge in [-0.25, -0.2) is 9.97 Å². The molecule has 0 unspecified atom stereocenters. The third kappa shape index (κ3) is 4.29. The van der Waals surface area contributed by atoms with Gasteiger partial charge >= 0.3 is 0 Å². The smallest absolute Gasteiger partial charge is 0.225 e. The fourth-order valence-corrected chi connectivity index (χ4v) is 3.76. The standard InChI is InChI=1S/C19H31N5O/c1-13(2)18-21-15(4)12-17(22-18)23-7-9-24(10-8-23)19(25)16-5-6-20-14(3)11-16/h12-14,16,20H,5-11H2,1-4H3/t14-,16-/m0/s1. The molecule has 0 aromatic carbocycles. The monoisotopic (exact) mass is 345 g/mol. The molecule has 2 fully saturated rings. The molecule has 2 aliphatic heterocycles. The molecule has 0 radical (unpaired) electrons. The summed E-state index contributed by atoms with van der Waals surface area (Å²) in [4.78, 5) is 26.4. The maximum atomic E-state index is 12.8. The van der Waals surface area contributed by atoms with Gasteiger partial charge in [-0.2, -0.15) is 0 Å². The Morgan fingerprint density at radius 2 is 1.96 bits per heavy atom. The second-order valence-corrected chi connectivity index (χ2v) is 7.77. The molecule has 6 nitrogen and oxygen atoms in total. The third-order valence-electron chi connectivity index (χ3n) is 5.26. The molecule has 0 bridgehead atoms. The number of nitrogens with zero attached hydrogens (tertiary/aromatic N) is 4. The summed E-state index contributed by atoms with van der Waals surface area (Å²) >= 11 is 0. The molecule has 138 valence electrons. The molecule has 3 heterocycles. The van der Waals surface area contributed by atoms with Crippen LogP contribution in [0, 0.1) is 12.8 Å². The first kappa shape index (κ1) is 18.1. The number of aromatic nitrogens is 2. The van der Waals surface area contributed by atoms with Gasteiger partial charge in [-0.05, 0) is 33.2 Å². The van der Waals surface area contributed by atoms with Gasteiger partial charge in [0.25, 0.3) is 0 Å². The predicted molar refractivity (Wildman–Crippen MR) is 99.8 cm³/mol. The van der Waals surface area contributed by atoms with Crippen LogP contribution in [0.15, 0.2) is 6.07 Å². The highest BCUT2D eigenvalue weighted by atomic mass is 16.2. The maximum absolute atomic E-state index is 12.8. The second-order valence-electron chi connectivity index (χ2n) is 7.77. The van der Waals surface area contributed by atoms with Crippen LogP contribution in [0.3, 0.4) is 0 Å². The van der Waals surface area contributed by atoms with Crippen LogP contribution < -0.4 is 10.2 Å². The van der Waals surface area contributed by atoms with E-state index in [0.717, 1.165) is 62.9 Å². The van der Waals surface area contributed by atoms with E-state index in [1.165, 1.54) is 0 Å². The Morgan fingerprint density at radius 3 is 2.60 bits per heavy atom. The van der Waals surface area contributed by atoms with Crippen molar-refractivity contribution in [3.05, 3.63) is 17.6 Å². The summed E-state index contributed by atoms with van der Waals surface area (Å²) in [6, 6.07) is 2.50. The van der Waals surface area contributed by atoms with Crippen LogP contribution in [-0.4, -0.2) is 59.5 Å².